The smallest absolute Gasteiger partial charge is 0.225 e. The van der Waals surface area contributed by atoms with Crippen LogP contribution in [0, 0.1) is 0 Å². The maximum Gasteiger partial charge on any atom is 0.225 e. The lowest BCUT2D eigenvalue weighted by Crippen LogP contribution is -2.23. The molecule has 0 bridgehead atoms. The average Bonchev–Trinajstić information content (AvgIpc) is 2.37. The van der Waals surface area contributed by atoms with Crippen LogP contribution in [0.2, 0.25) is 5.02 Å². The topological polar surface area (TPSA) is 56.0 Å². The van der Waals surface area contributed by atoms with Crippen molar-refractivity contribution in [2.24, 2.45) is 5.73 Å². The first-order valence-corrected chi connectivity index (χ1v) is 6.87. The number of pyridine rings is 1. The van der Waals surface area contributed by atoms with E-state index in [1.165, 1.54) is 0 Å². The van der Waals surface area contributed by atoms with Crippen molar-refractivity contribution in [3.05, 3.63) is 63.3 Å². The van der Waals surface area contributed by atoms with E-state index in [4.69, 9.17) is 17.3 Å². The Balaban J connectivity index is 2.26. The molecule has 0 aliphatic carbocycles. The highest BCUT2D eigenvalue weighted by Gasteiger charge is 2.18. The summed E-state index contributed by atoms with van der Waals surface area (Å²) in [5.41, 5.74) is 7.30. The van der Waals surface area contributed by atoms with Crippen LogP contribution in [0.15, 0.2) is 47.2 Å². The quantitative estimate of drug-likeness (QED) is 0.929. The number of aromatic nitrogens is 1. The highest BCUT2D eigenvalue weighted by Crippen LogP contribution is 2.23. The molecule has 1 heterocycles. The van der Waals surface area contributed by atoms with Crippen molar-refractivity contribution in [2.75, 3.05) is 0 Å². The third-order valence-corrected chi connectivity index (χ3v) is 3.50. The Morgan fingerprint density at radius 1 is 1.32 bits per heavy atom. The van der Waals surface area contributed by atoms with E-state index < -0.39 is 0 Å². The summed E-state index contributed by atoms with van der Waals surface area (Å²) in [4.78, 5) is 15.7. The van der Waals surface area contributed by atoms with Gasteiger partial charge in [-0.1, -0.05) is 23.7 Å². The standard InChI is InChI=1S/C14H12BrClN2O/c15-11-5-9(7-18-8-11)6-13(14(17)19)10-1-3-12(16)4-2-10/h1-5,7-8,13H,6H2,(H2,17,19). The Morgan fingerprint density at radius 2 is 2.00 bits per heavy atom. The van der Waals surface area contributed by atoms with Gasteiger partial charge in [0.15, 0.2) is 0 Å². The molecule has 3 nitrogen and oxygen atoms in total. The molecule has 0 saturated heterocycles. The lowest BCUT2D eigenvalue weighted by atomic mass is 9.92. The largest absolute Gasteiger partial charge is 0.369 e. The second-order valence-electron chi connectivity index (χ2n) is 4.22. The first kappa shape index (κ1) is 14.0. The van der Waals surface area contributed by atoms with Crippen LogP contribution in [0.1, 0.15) is 17.0 Å². The number of hydrogen-bond donors (Lipinski definition) is 1. The SMILES string of the molecule is NC(=O)C(Cc1cncc(Br)c1)c1ccc(Cl)cc1. The molecule has 1 atom stereocenters. The summed E-state index contributed by atoms with van der Waals surface area (Å²) in [6.45, 7) is 0. The van der Waals surface area contributed by atoms with Crippen LogP contribution in [-0.2, 0) is 11.2 Å². The van der Waals surface area contributed by atoms with Gasteiger partial charge in [-0.25, -0.2) is 0 Å². The number of carbonyl (C=O) groups is 1. The minimum absolute atomic E-state index is 0.359. The Bertz CT molecular complexity index is 586. The van der Waals surface area contributed by atoms with Gasteiger partial charge in [0.05, 0.1) is 5.92 Å². The fraction of sp³-hybridized carbons (Fsp3) is 0.143. The zero-order valence-corrected chi connectivity index (χ0v) is 12.4. The molecule has 0 radical (unpaired) electrons. The average molecular weight is 340 g/mol. The van der Waals surface area contributed by atoms with Crippen molar-refractivity contribution in [2.45, 2.75) is 12.3 Å². The molecule has 1 aromatic carbocycles. The van der Waals surface area contributed by atoms with E-state index in [9.17, 15) is 4.79 Å². The second kappa shape index (κ2) is 6.17. The molecule has 2 aromatic rings. The van der Waals surface area contributed by atoms with Gasteiger partial charge in [0.1, 0.15) is 0 Å². The zero-order chi connectivity index (χ0) is 13.8. The van der Waals surface area contributed by atoms with E-state index in [-0.39, 0.29) is 11.8 Å². The number of rotatable bonds is 4. The summed E-state index contributed by atoms with van der Waals surface area (Å²) in [6.07, 6.45) is 3.95. The summed E-state index contributed by atoms with van der Waals surface area (Å²) < 4.78 is 0.879. The second-order valence-corrected chi connectivity index (χ2v) is 5.57. The summed E-state index contributed by atoms with van der Waals surface area (Å²) >= 11 is 9.20. The summed E-state index contributed by atoms with van der Waals surface area (Å²) in [5, 5.41) is 0.635. The van der Waals surface area contributed by atoms with Crippen molar-refractivity contribution in [1.29, 1.82) is 0 Å². The van der Waals surface area contributed by atoms with E-state index in [1.807, 2.05) is 18.2 Å². The molecule has 0 spiro atoms. The lowest BCUT2D eigenvalue weighted by Gasteiger charge is -2.14. The lowest BCUT2D eigenvalue weighted by molar-refractivity contribution is -0.119. The van der Waals surface area contributed by atoms with Crippen LogP contribution < -0.4 is 5.73 Å². The third kappa shape index (κ3) is 3.78. The minimum atomic E-state index is -0.381. The third-order valence-electron chi connectivity index (χ3n) is 2.82. The molecule has 5 heteroatoms. The van der Waals surface area contributed by atoms with E-state index in [0.29, 0.717) is 11.4 Å². The summed E-state index contributed by atoms with van der Waals surface area (Å²) in [6, 6.07) is 9.09. The minimum Gasteiger partial charge on any atom is -0.369 e. The van der Waals surface area contributed by atoms with Gasteiger partial charge in [0.25, 0.3) is 0 Å². The number of nitrogens with two attached hydrogens (primary N) is 1. The van der Waals surface area contributed by atoms with E-state index >= 15 is 0 Å². The van der Waals surface area contributed by atoms with Crippen molar-refractivity contribution < 1.29 is 4.79 Å². The van der Waals surface area contributed by atoms with Crippen LogP contribution in [0.3, 0.4) is 0 Å². The van der Waals surface area contributed by atoms with Crippen LogP contribution in [0.5, 0.6) is 0 Å². The van der Waals surface area contributed by atoms with Gasteiger partial charge in [0, 0.05) is 21.9 Å². The van der Waals surface area contributed by atoms with E-state index in [1.54, 1.807) is 24.5 Å². The molecule has 2 rings (SSSR count). The van der Waals surface area contributed by atoms with Crippen LogP contribution in [-0.4, -0.2) is 10.9 Å². The van der Waals surface area contributed by atoms with Crippen LogP contribution in [0.4, 0.5) is 0 Å². The molecule has 0 aliphatic rings. The summed E-state index contributed by atoms with van der Waals surface area (Å²) in [7, 11) is 0. The zero-order valence-electron chi connectivity index (χ0n) is 10.0. The van der Waals surface area contributed by atoms with Crippen molar-refractivity contribution in [3.8, 4) is 0 Å². The molecular weight excluding hydrogens is 328 g/mol. The fourth-order valence-corrected chi connectivity index (χ4v) is 2.42. The molecule has 19 heavy (non-hydrogen) atoms. The van der Waals surface area contributed by atoms with E-state index in [0.717, 1.165) is 15.6 Å². The van der Waals surface area contributed by atoms with Gasteiger partial charge in [-0.2, -0.15) is 0 Å². The maximum absolute atomic E-state index is 11.6. The molecule has 0 saturated carbocycles. The van der Waals surface area contributed by atoms with Crippen molar-refractivity contribution in [1.82, 2.24) is 4.98 Å². The van der Waals surface area contributed by atoms with Crippen molar-refractivity contribution in [3.63, 3.8) is 0 Å². The normalized spacial score (nSPS) is 12.1. The molecule has 1 amide bonds. The Kier molecular flexibility index (Phi) is 4.56. The fourth-order valence-electron chi connectivity index (χ4n) is 1.88. The molecule has 0 fully saturated rings. The van der Waals surface area contributed by atoms with Crippen LogP contribution >= 0.6 is 27.5 Å². The molecule has 98 valence electrons. The van der Waals surface area contributed by atoms with E-state index in [2.05, 4.69) is 20.9 Å². The Labute approximate surface area is 124 Å². The first-order valence-electron chi connectivity index (χ1n) is 5.70. The van der Waals surface area contributed by atoms with Crippen molar-refractivity contribution >= 4 is 33.4 Å². The predicted molar refractivity (Wildman–Crippen MR) is 79.0 cm³/mol. The number of primary amides is 1. The number of carbonyl (C=O) groups excluding carboxylic acids is 1. The van der Waals surface area contributed by atoms with Gasteiger partial charge < -0.3 is 5.73 Å². The van der Waals surface area contributed by atoms with Gasteiger partial charge in [0.2, 0.25) is 5.91 Å². The summed E-state index contributed by atoms with van der Waals surface area (Å²) in [5.74, 6) is -0.740. The first-order chi connectivity index (χ1) is 9.06. The monoisotopic (exact) mass is 338 g/mol. The highest BCUT2D eigenvalue weighted by molar-refractivity contribution is 9.10. The number of nitrogens with zero attached hydrogens (tertiary/aromatic N) is 1. The predicted octanol–water partition coefficient (Wildman–Crippen LogP) is 3.31. The van der Waals surface area contributed by atoms with Gasteiger partial charge in [-0.15, -0.1) is 0 Å². The number of amides is 1. The number of hydrogen-bond acceptors (Lipinski definition) is 2. The Hall–Kier alpha value is -1.39. The highest BCUT2D eigenvalue weighted by atomic mass is 79.9. The molecule has 2 N–H and O–H groups in total. The maximum atomic E-state index is 11.6. The van der Waals surface area contributed by atoms with Crippen LogP contribution in [0.25, 0.3) is 0 Å². The van der Waals surface area contributed by atoms with Gasteiger partial charge in [-0.05, 0) is 51.7 Å². The molecule has 1 aromatic heterocycles. The number of halogens is 2. The number of benzene rings is 1. The molecule has 0 aliphatic heterocycles. The molecule has 1 unspecified atom stereocenters. The van der Waals surface area contributed by atoms with Gasteiger partial charge in [-0.3, -0.25) is 9.78 Å². The molecular formula is C14H12BrClN2O. The van der Waals surface area contributed by atoms with Gasteiger partial charge >= 0.3 is 0 Å². The Morgan fingerprint density at radius 3 is 2.58 bits per heavy atom.